The highest BCUT2D eigenvalue weighted by Gasteiger charge is 2.54. The number of carbonyl (C=O) groups is 3. The molecule has 8 rings (SSSR count). The maximum atomic E-state index is 12.4. The van der Waals surface area contributed by atoms with Gasteiger partial charge in [-0.05, 0) is 125 Å². The number of imide groups is 1. The van der Waals surface area contributed by atoms with Gasteiger partial charge in [0.05, 0.1) is 0 Å². The zero-order valence-electron chi connectivity index (χ0n) is 25.5. The Morgan fingerprint density at radius 3 is 1.51 bits per heavy atom. The van der Waals surface area contributed by atoms with Crippen LogP contribution < -0.4 is 5.32 Å². The molecule has 0 aromatic heterocycles. The lowest BCUT2D eigenvalue weighted by atomic mass is 9.54. The number of alkyl carbamates (subject to hydrolysis) is 1. The first-order valence-electron chi connectivity index (χ1n) is 16.9. The van der Waals surface area contributed by atoms with Crippen molar-refractivity contribution in [2.45, 2.75) is 141 Å². The Bertz CT molecular complexity index is 864. The van der Waals surface area contributed by atoms with Crippen LogP contribution in [0.2, 0.25) is 0 Å². The average Bonchev–Trinajstić information content (AvgIpc) is 2.87. The number of carboxylic acid groups (broad SMARTS) is 1. The lowest BCUT2D eigenvalue weighted by molar-refractivity contribution is -0.132. The summed E-state index contributed by atoms with van der Waals surface area (Å²) in [5.74, 6) is 4.53. The quantitative estimate of drug-likeness (QED) is 0.255. The van der Waals surface area contributed by atoms with Gasteiger partial charge in [-0.15, -0.1) is 0 Å². The van der Waals surface area contributed by atoms with Gasteiger partial charge in [-0.25, -0.2) is 19.3 Å². The van der Waals surface area contributed by atoms with Crippen molar-refractivity contribution in [1.82, 2.24) is 10.2 Å². The number of unbranched alkanes of at least 4 members (excludes halogenated alkanes) is 4. The molecule has 8 aliphatic rings. The number of rotatable bonds is 10. The van der Waals surface area contributed by atoms with E-state index in [-0.39, 0.29) is 23.8 Å². The third-order valence-electron chi connectivity index (χ3n) is 11.1. The summed E-state index contributed by atoms with van der Waals surface area (Å²) in [6.07, 6.45) is 18.2. The minimum absolute atomic E-state index is 0.0937. The van der Waals surface area contributed by atoms with Gasteiger partial charge in [-0.1, -0.05) is 39.5 Å². The highest BCUT2D eigenvalue weighted by Crippen LogP contribution is 2.58. The van der Waals surface area contributed by atoms with Crippen molar-refractivity contribution in [3.63, 3.8) is 0 Å². The molecule has 0 aromatic rings. The van der Waals surface area contributed by atoms with Crippen molar-refractivity contribution in [1.29, 1.82) is 0 Å². The highest BCUT2D eigenvalue weighted by atomic mass is 16.6. The van der Waals surface area contributed by atoms with Gasteiger partial charge in [0.25, 0.3) is 0 Å². The van der Waals surface area contributed by atoms with Crippen molar-refractivity contribution in [2.24, 2.45) is 35.5 Å². The molecule has 0 spiro atoms. The molecule has 0 radical (unpaired) electrons. The van der Waals surface area contributed by atoms with E-state index in [1.165, 1.54) is 51.4 Å². The summed E-state index contributed by atoms with van der Waals surface area (Å²) in [6.45, 7) is 5.24. The zero-order chi connectivity index (χ0) is 29.0. The van der Waals surface area contributed by atoms with Crippen molar-refractivity contribution in [2.75, 3.05) is 13.1 Å². The normalized spacial score (nSPS) is 37.2. The van der Waals surface area contributed by atoms with Gasteiger partial charge >= 0.3 is 18.3 Å². The van der Waals surface area contributed by atoms with Crippen LogP contribution in [0.5, 0.6) is 0 Å². The molecule has 0 unspecified atom stereocenters. The van der Waals surface area contributed by atoms with E-state index in [2.05, 4.69) is 19.2 Å². The van der Waals surface area contributed by atoms with Gasteiger partial charge in [0, 0.05) is 13.1 Å². The number of amides is 3. The van der Waals surface area contributed by atoms with E-state index >= 15 is 0 Å². The summed E-state index contributed by atoms with van der Waals surface area (Å²) in [4.78, 5) is 36.6. The monoisotopic (exact) mass is 574 g/mol. The van der Waals surface area contributed by atoms with Crippen LogP contribution in [0.1, 0.15) is 129 Å². The van der Waals surface area contributed by atoms with Crippen molar-refractivity contribution in [3.8, 4) is 0 Å². The third-order valence-corrected chi connectivity index (χ3v) is 11.1. The maximum absolute atomic E-state index is 12.4. The third kappa shape index (κ3) is 7.51. The molecule has 8 aliphatic carbocycles. The first-order valence-corrected chi connectivity index (χ1v) is 16.9. The fraction of sp³-hybridized carbons (Fsp3) is 0.909. The van der Waals surface area contributed by atoms with E-state index in [9.17, 15) is 19.5 Å². The average molecular weight is 575 g/mol. The molecule has 0 saturated heterocycles. The van der Waals surface area contributed by atoms with E-state index in [1.54, 1.807) is 0 Å². The minimum atomic E-state index is -1.19. The van der Waals surface area contributed by atoms with E-state index in [4.69, 9.17) is 9.47 Å². The second-order valence-corrected chi connectivity index (χ2v) is 14.7. The molecule has 0 aromatic carbocycles. The number of nitrogens with zero attached hydrogens (tertiary/aromatic N) is 1. The fourth-order valence-corrected chi connectivity index (χ4v) is 10.1. The Kier molecular flexibility index (Phi) is 9.74. The van der Waals surface area contributed by atoms with Crippen LogP contribution >= 0.6 is 0 Å². The molecule has 0 heterocycles. The van der Waals surface area contributed by atoms with E-state index in [0.717, 1.165) is 87.0 Å². The number of carbonyl (C=O) groups excluding carboxylic acids is 2. The van der Waals surface area contributed by atoms with Gasteiger partial charge in [0.2, 0.25) is 0 Å². The standard InChI is InChI=1S/C17H27NO4.C16H27NO2/c1-2-3-4-5-18(15(19)20)16(21)22-17-9-12-6-13(10-17)8-14(7-12)11-17;1-2-3-4-5-17-15(18)19-16-9-12-6-13(10-16)8-14(7-12)11-16/h12-14H,2-11H2,1H3,(H,19,20);12-14H,2-11H2,1H3,(H,17,18). The number of hydrogen-bond donors (Lipinski definition) is 2. The lowest BCUT2D eigenvalue weighted by Crippen LogP contribution is -2.54. The predicted octanol–water partition coefficient (Wildman–Crippen LogP) is 8.13. The number of nitrogens with one attached hydrogen (secondary N) is 1. The van der Waals surface area contributed by atoms with Crippen LogP contribution in [0.25, 0.3) is 0 Å². The largest absolute Gasteiger partial charge is 0.465 e. The molecular formula is C33H54N2O6. The first-order chi connectivity index (χ1) is 19.7. The summed E-state index contributed by atoms with van der Waals surface area (Å²) >= 11 is 0. The Morgan fingerprint density at radius 1 is 0.683 bits per heavy atom. The SMILES string of the molecule is CCCCCN(C(=O)O)C(=O)OC12CC3CC(CC(C3)C1)C2.CCCCCNC(=O)OC12CC3CC(CC(C3)C1)C2. The van der Waals surface area contributed by atoms with Crippen LogP contribution in [-0.2, 0) is 9.47 Å². The Balaban J connectivity index is 0.000000166. The minimum Gasteiger partial charge on any atom is -0.465 e. The molecule has 0 aliphatic heterocycles. The van der Waals surface area contributed by atoms with Crippen molar-refractivity contribution in [3.05, 3.63) is 0 Å². The van der Waals surface area contributed by atoms with Crippen molar-refractivity contribution >= 4 is 18.3 Å². The van der Waals surface area contributed by atoms with E-state index < -0.39 is 12.2 Å². The lowest BCUT2D eigenvalue weighted by Gasteiger charge is -2.55. The van der Waals surface area contributed by atoms with Crippen LogP contribution in [-0.4, -0.2) is 52.6 Å². The van der Waals surface area contributed by atoms with E-state index in [0.29, 0.717) is 24.2 Å². The summed E-state index contributed by atoms with van der Waals surface area (Å²) < 4.78 is 11.7. The van der Waals surface area contributed by atoms with Crippen LogP contribution in [0.3, 0.4) is 0 Å². The first kappa shape index (κ1) is 30.5. The van der Waals surface area contributed by atoms with Crippen LogP contribution in [0, 0.1) is 35.5 Å². The molecule has 8 nitrogen and oxygen atoms in total. The van der Waals surface area contributed by atoms with E-state index in [1.807, 2.05) is 0 Å². The Hall–Kier alpha value is -1.99. The second-order valence-electron chi connectivity index (χ2n) is 14.7. The summed E-state index contributed by atoms with van der Waals surface area (Å²) in [6, 6.07) is 0. The topological polar surface area (TPSA) is 105 Å². The van der Waals surface area contributed by atoms with Crippen molar-refractivity contribution < 1.29 is 29.0 Å². The summed E-state index contributed by atoms with van der Waals surface area (Å²) in [5, 5.41) is 12.2. The van der Waals surface area contributed by atoms with Crippen LogP contribution in [0.15, 0.2) is 0 Å². The molecule has 8 saturated carbocycles. The molecule has 0 atom stereocenters. The van der Waals surface area contributed by atoms with Gasteiger partial charge in [0.15, 0.2) is 0 Å². The van der Waals surface area contributed by atoms with Gasteiger partial charge < -0.3 is 19.9 Å². The molecular weight excluding hydrogens is 520 g/mol. The molecule has 2 N–H and O–H groups in total. The smallest absolute Gasteiger partial charge is 0.419 e. The predicted molar refractivity (Wildman–Crippen MR) is 157 cm³/mol. The zero-order valence-corrected chi connectivity index (χ0v) is 25.5. The Labute approximate surface area is 246 Å². The molecule has 232 valence electrons. The molecule has 8 fully saturated rings. The number of ether oxygens (including phenoxy) is 2. The summed E-state index contributed by atoms with van der Waals surface area (Å²) in [7, 11) is 0. The molecule has 8 heteroatoms. The van der Waals surface area contributed by atoms with Gasteiger partial charge in [-0.2, -0.15) is 0 Å². The number of hydrogen-bond acceptors (Lipinski definition) is 5. The van der Waals surface area contributed by atoms with Crippen LogP contribution in [0.4, 0.5) is 14.4 Å². The van der Waals surface area contributed by atoms with Gasteiger partial charge in [0.1, 0.15) is 11.2 Å². The fourth-order valence-electron chi connectivity index (χ4n) is 10.1. The Morgan fingerprint density at radius 2 is 1.10 bits per heavy atom. The highest BCUT2D eigenvalue weighted by molar-refractivity contribution is 5.86. The van der Waals surface area contributed by atoms with Gasteiger partial charge in [-0.3, -0.25) is 0 Å². The maximum Gasteiger partial charge on any atom is 0.419 e. The molecule has 41 heavy (non-hydrogen) atoms. The second kappa shape index (κ2) is 13.1. The molecule has 3 amide bonds. The summed E-state index contributed by atoms with van der Waals surface area (Å²) in [5.41, 5.74) is -0.464. The molecule has 8 bridgehead atoms.